The van der Waals surface area contributed by atoms with Crippen LogP contribution >= 0.6 is 0 Å². The zero-order valence-corrected chi connectivity index (χ0v) is 21.2. The van der Waals surface area contributed by atoms with Gasteiger partial charge in [0, 0.05) is 23.8 Å². The number of halogens is 2. The average Bonchev–Trinajstić information content (AvgIpc) is 2.84. The van der Waals surface area contributed by atoms with Crippen molar-refractivity contribution in [1.29, 1.82) is 0 Å². The molecular formula is C28H41F2NO3. The van der Waals surface area contributed by atoms with Crippen molar-refractivity contribution in [3.8, 4) is 0 Å². The summed E-state index contributed by atoms with van der Waals surface area (Å²) in [5, 5.41) is 10.9. The van der Waals surface area contributed by atoms with Crippen molar-refractivity contribution < 1.29 is 23.4 Å². The Kier molecular flexibility index (Phi) is 17.2. The zero-order chi connectivity index (χ0) is 25.8. The molecule has 1 aliphatic heterocycles. The van der Waals surface area contributed by atoms with E-state index in [1.807, 2.05) is 58.1 Å². The summed E-state index contributed by atoms with van der Waals surface area (Å²) >= 11 is 0. The van der Waals surface area contributed by atoms with Crippen LogP contribution in [0.3, 0.4) is 0 Å². The number of rotatable bonds is 6. The third-order valence-corrected chi connectivity index (χ3v) is 5.20. The van der Waals surface area contributed by atoms with Crippen molar-refractivity contribution >= 4 is 5.91 Å². The predicted octanol–water partition coefficient (Wildman–Crippen LogP) is 7.09. The van der Waals surface area contributed by atoms with E-state index in [2.05, 4.69) is 5.32 Å². The molecule has 0 atom stereocenters. The van der Waals surface area contributed by atoms with Crippen molar-refractivity contribution in [2.45, 2.75) is 72.3 Å². The predicted molar refractivity (Wildman–Crippen MR) is 137 cm³/mol. The van der Waals surface area contributed by atoms with Crippen molar-refractivity contribution in [1.82, 2.24) is 5.32 Å². The minimum atomic E-state index is -0.485. The van der Waals surface area contributed by atoms with Crippen LogP contribution < -0.4 is 5.32 Å². The molecule has 4 nitrogen and oxygen atoms in total. The molecule has 0 unspecified atom stereocenters. The van der Waals surface area contributed by atoms with Crippen LogP contribution in [0.4, 0.5) is 8.78 Å². The first kappa shape index (κ1) is 31.3. The maximum Gasteiger partial charge on any atom is 0.248 e. The van der Waals surface area contributed by atoms with Gasteiger partial charge in [-0.25, -0.2) is 4.39 Å². The fourth-order valence-corrected chi connectivity index (χ4v) is 3.31. The highest BCUT2D eigenvalue weighted by atomic mass is 19.1. The highest BCUT2D eigenvalue weighted by Crippen LogP contribution is 2.42. The van der Waals surface area contributed by atoms with E-state index in [4.69, 9.17) is 9.84 Å². The first-order valence-electron chi connectivity index (χ1n) is 11.9. The number of allylic oxidation sites excluding steroid dienone is 8. The number of amides is 1. The first-order chi connectivity index (χ1) is 16.4. The van der Waals surface area contributed by atoms with Gasteiger partial charge in [-0.3, -0.25) is 9.18 Å². The molecule has 1 amide bonds. The van der Waals surface area contributed by atoms with E-state index >= 15 is 0 Å². The van der Waals surface area contributed by atoms with Crippen LogP contribution in [0.1, 0.15) is 66.7 Å². The van der Waals surface area contributed by atoms with Crippen LogP contribution in [0.5, 0.6) is 0 Å². The maximum atomic E-state index is 13.6. The molecular weight excluding hydrogens is 436 g/mol. The number of alkyl halides is 1. The average molecular weight is 478 g/mol. The van der Waals surface area contributed by atoms with Gasteiger partial charge in [0.15, 0.2) is 5.76 Å². The van der Waals surface area contributed by atoms with E-state index in [9.17, 15) is 13.6 Å². The zero-order valence-electron chi connectivity index (χ0n) is 21.2. The second kappa shape index (κ2) is 18.7. The maximum absolute atomic E-state index is 13.6. The number of carbonyl (C=O) groups excluding carboxylic acids is 1. The van der Waals surface area contributed by atoms with Crippen LogP contribution in [-0.4, -0.2) is 29.9 Å². The van der Waals surface area contributed by atoms with Gasteiger partial charge in [-0.2, -0.15) is 0 Å². The Bertz CT molecular complexity index is 814. The van der Waals surface area contributed by atoms with E-state index in [0.29, 0.717) is 18.3 Å². The summed E-state index contributed by atoms with van der Waals surface area (Å²) in [5.74, 6) is -0.0146. The van der Waals surface area contributed by atoms with E-state index < -0.39 is 5.60 Å². The number of carbonyl (C=O) groups is 1. The molecule has 0 bridgehead atoms. The topological polar surface area (TPSA) is 58.6 Å². The largest absolute Gasteiger partial charge is 0.484 e. The lowest BCUT2D eigenvalue weighted by atomic mass is 9.82. The normalized spacial score (nSPS) is 20.5. The third-order valence-electron chi connectivity index (χ3n) is 5.20. The highest BCUT2D eigenvalue weighted by molar-refractivity contribution is 5.91. The number of aliphatic hydroxyl groups excluding tert-OH is 1. The Labute approximate surface area is 204 Å². The van der Waals surface area contributed by atoms with Crippen molar-refractivity contribution in [2.75, 3.05) is 13.3 Å². The minimum absolute atomic E-state index is 0.163. The molecule has 190 valence electrons. The Morgan fingerprint density at radius 3 is 2.32 bits per heavy atom. The number of nitrogens with one attached hydrogen (secondary N) is 1. The number of aliphatic hydroxyl groups is 1. The van der Waals surface area contributed by atoms with Gasteiger partial charge in [0.2, 0.25) is 5.91 Å². The van der Waals surface area contributed by atoms with E-state index in [1.165, 1.54) is 6.92 Å². The molecule has 0 aromatic heterocycles. The molecule has 1 aliphatic carbocycles. The number of ether oxygens (including phenoxy) is 1. The molecule has 2 N–H and O–H groups in total. The summed E-state index contributed by atoms with van der Waals surface area (Å²) in [6.07, 6.45) is 21.0. The van der Waals surface area contributed by atoms with Gasteiger partial charge in [0.25, 0.3) is 0 Å². The number of hydrogen-bond acceptors (Lipinski definition) is 3. The van der Waals surface area contributed by atoms with Crippen LogP contribution in [0, 0.1) is 0 Å². The monoisotopic (exact) mass is 477 g/mol. The van der Waals surface area contributed by atoms with Crippen LogP contribution in [0.25, 0.3) is 0 Å². The second-order valence-electron chi connectivity index (χ2n) is 7.57. The summed E-state index contributed by atoms with van der Waals surface area (Å²) in [6, 6.07) is 0. The lowest BCUT2D eigenvalue weighted by molar-refractivity contribution is -0.115. The molecule has 0 spiro atoms. The molecule has 1 fully saturated rings. The smallest absolute Gasteiger partial charge is 0.248 e. The van der Waals surface area contributed by atoms with Gasteiger partial charge in [-0.05, 0) is 58.1 Å². The molecule has 0 aromatic carbocycles. The Hall–Kier alpha value is -2.73. The van der Waals surface area contributed by atoms with Gasteiger partial charge in [-0.1, -0.05) is 56.4 Å². The summed E-state index contributed by atoms with van der Waals surface area (Å²) in [4.78, 5) is 12.5. The fourth-order valence-electron chi connectivity index (χ4n) is 3.31. The van der Waals surface area contributed by atoms with Crippen molar-refractivity contribution in [3.63, 3.8) is 0 Å². The number of hydrogen-bond donors (Lipinski definition) is 2. The van der Waals surface area contributed by atoms with Gasteiger partial charge >= 0.3 is 0 Å². The molecule has 0 radical (unpaired) electrons. The fraction of sp³-hybridized carbons (Fsp3) is 0.464. The second-order valence-corrected chi connectivity index (χ2v) is 7.57. The van der Waals surface area contributed by atoms with Gasteiger partial charge < -0.3 is 15.2 Å². The summed E-state index contributed by atoms with van der Waals surface area (Å²) in [7, 11) is 0. The summed E-state index contributed by atoms with van der Waals surface area (Å²) in [5.41, 5.74) is 1.73. The molecule has 0 saturated carbocycles. The van der Waals surface area contributed by atoms with Gasteiger partial charge in [0.05, 0.1) is 13.3 Å². The Morgan fingerprint density at radius 1 is 1.21 bits per heavy atom. The lowest BCUT2D eigenvalue weighted by Crippen LogP contribution is -2.36. The van der Waals surface area contributed by atoms with Crippen molar-refractivity contribution in [2.24, 2.45) is 0 Å². The third kappa shape index (κ3) is 11.4. The Morgan fingerprint density at radius 2 is 1.88 bits per heavy atom. The molecule has 34 heavy (non-hydrogen) atoms. The molecule has 2 aliphatic rings. The standard InChI is InChI=1S/C22H28FNO2.C4H8O.C2H5F/c1-4-7-13-19-17(14-21(25)24-18-11-9-8-10-12-18)15-22(5-2,6-3)26-20(19)16-23;1-2-3-4-5;1-2-3/h4,7,9,11-14,16H,5-6,8,10,15H2,1-3H3,(H,24,25);2-3,5H,4H2,1H3;2H2,1H3/b7-4+,17-14+,19-13-,20-16+;3-2-;. The van der Waals surface area contributed by atoms with Crippen molar-refractivity contribution in [3.05, 3.63) is 83.6 Å². The van der Waals surface area contributed by atoms with E-state index in [-0.39, 0.29) is 24.9 Å². The van der Waals surface area contributed by atoms with Crippen LogP contribution in [0.2, 0.25) is 0 Å². The SMILES string of the molecule is C/C=C/C=C1C(=C/C(=O)NC2=CCCC=C2)/CC(CC)(CC)OC/1=C/F.C/C=C\CO.CCF. The molecule has 1 saturated heterocycles. The van der Waals surface area contributed by atoms with E-state index in [1.54, 1.807) is 24.3 Å². The van der Waals surface area contributed by atoms with Gasteiger partial charge in [0.1, 0.15) is 11.9 Å². The lowest BCUT2D eigenvalue weighted by Gasteiger charge is -2.40. The Balaban J connectivity index is 0.00000118. The quantitative estimate of drug-likeness (QED) is 0.317. The summed E-state index contributed by atoms with van der Waals surface area (Å²) < 4.78 is 29.8. The van der Waals surface area contributed by atoms with Crippen LogP contribution in [-0.2, 0) is 9.53 Å². The molecule has 2 rings (SSSR count). The summed E-state index contributed by atoms with van der Waals surface area (Å²) in [6.45, 7) is 9.18. The molecule has 0 aromatic rings. The highest BCUT2D eigenvalue weighted by Gasteiger charge is 2.37. The van der Waals surface area contributed by atoms with Gasteiger partial charge in [-0.15, -0.1) is 0 Å². The first-order valence-corrected chi connectivity index (χ1v) is 11.9. The minimum Gasteiger partial charge on any atom is -0.484 e. The molecule has 1 heterocycles. The van der Waals surface area contributed by atoms with E-state index in [0.717, 1.165) is 37.0 Å². The molecule has 6 heteroatoms. The van der Waals surface area contributed by atoms with Crippen LogP contribution in [0.15, 0.2) is 83.6 Å².